The maximum atomic E-state index is 11.1. The zero-order valence-corrected chi connectivity index (χ0v) is 12.3. The number of carboxylic acids is 1. The second kappa shape index (κ2) is 6.17. The van der Waals surface area contributed by atoms with Gasteiger partial charge in [-0.05, 0) is 0 Å². The van der Waals surface area contributed by atoms with E-state index >= 15 is 0 Å². The van der Waals surface area contributed by atoms with Crippen molar-refractivity contribution in [3.05, 3.63) is 36.4 Å². The summed E-state index contributed by atoms with van der Waals surface area (Å²) in [5, 5.41) is 11.4. The number of carbonyl (C=O) groups is 3. The smallest absolute Gasteiger partial charge is 0.342 e. The molecule has 0 bridgehead atoms. The van der Waals surface area contributed by atoms with Gasteiger partial charge in [-0.1, -0.05) is 48.2 Å². The largest absolute Gasteiger partial charge is 0.479 e. The Labute approximate surface area is 126 Å². The quantitative estimate of drug-likeness (QED) is 0.793. The zero-order valence-electron chi connectivity index (χ0n) is 11.5. The van der Waals surface area contributed by atoms with Crippen LogP contribution in [0.25, 0.3) is 0 Å². The Hall–Kier alpha value is -2.02. The molecule has 2 amide bonds. The first-order valence-corrected chi connectivity index (χ1v) is 7.32. The third-order valence-corrected chi connectivity index (χ3v) is 4.64. The van der Waals surface area contributed by atoms with Crippen LogP contribution in [-0.4, -0.2) is 44.6 Å². The Morgan fingerprint density at radius 3 is 2.14 bits per heavy atom. The van der Waals surface area contributed by atoms with Crippen LogP contribution in [0.5, 0.6) is 0 Å². The van der Waals surface area contributed by atoms with Crippen LogP contribution >= 0.6 is 11.8 Å². The molecule has 7 heteroatoms. The maximum Gasteiger partial charge on any atom is 0.342 e. The molecule has 112 valence electrons. The highest BCUT2D eigenvalue weighted by molar-refractivity contribution is 8.02. The van der Waals surface area contributed by atoms with Crippen LogP contribution in [0.2, 0.25) is 0 Å². The Bertz CT molecular complexity index is 524. The minimum absolute atomic E-state index is 0.0517. The van der Waals surface area contributed by atoms with Crippen LogP contribution in [0.3, 0.4) is 0 Å². The number of nitrogens with one attached hydrogen (secondary N) is 1. The highest BCUT2D eigenvalue weighted by Crippen LogP contribution is 2.45. The van der Waals surface area contributed by atoms with Crippen molar-refractivity contribution in [3.63, 3.8) is 0 Å². The summed E-state index contributed by atoms with van der Waals surface area (Å²) < 4.78 is 0. The minimum Gasteiger partial charge on any atom is -0.479 e. The summed E-state index contributed by atoms with van der Waals surface area (Å²) in [4.78, 5) is 33.3. The van der Waals surface area contributed by atoms with Crippen LogP contribution < -0.4 is 5.32 Å². The summed E-state index contributed by atoms with van der Waals surface area (Å²) in [6.07, 6.45) is 0.360. The maximum absolute atomic E-state index is 11.1. The molecule has 1 unspecified atom stereocenters. The number of β-lactam (4-membered cyclic amide) rings is 1. The molecule has 1 aromatic carbocycles. The lowest BCUT2D eigenvalue weighted by atomic mass is 10.1. The molecular formula is C14H16N2O4S. The van der Waals surface area contributed by atoms with E-state index in [1.54, 1.807) is 0 Å². The number of amides is 2. The van der Waals surface area contributed by atoms with Gasteiger partial charge in [-0.3, -0.25) is 9.59 Å². The molecule has 21 heavy (non-hydrogen) atoms. The van der Waals surface area contributed by atoms with Crippen molar-refractivity contribution in [3.8, 4) is 0 Å². The summed E-state index contributed by atoms with van der Waals surface area (Å²) in [7, 11) is 0. The van der Waals surface area contributed by atoms with Crippen LogP contribution in [0.15, 0.2) is 36.4 Å². The average molecular weight is 308 g/mol. The van der Waals surface area contributed by atoms with E-state index in [4.69, 9.17) is 5.11 Å². The molecule has 6 nitrogen and oxygen atoms in total. The first-order chi connectivity index (χ1) is 9.94. The van der Waals surface area contributed by atoms with E-state index in [0.29, 0.717) is 6.42 Å². The molecule has 3 rings (SSSR count). The van der Waals surface area contributed by atoms with Crippen molar-refractivity contribution >= 4 is 29.5 Å². The van der Waals surface area contributed by atoms with Gasteiger partial charge in [0.05, 0.1) is 18.3 Å². The molecule has 0 radical (unpaired) electrons. The molecule has 0 aromatic heterocycles. The average Bonchev–Trinajstić information content (AvgIpc) is 2.75. The highest BCUT2D eigenvalue weighted by Gasteiger charge is 2.57. The van der Waals surface area contributed by atoms with E-state index in [1.165, 1.54) is 11.8 Å². The molecular weight excluding hydrogens is 292 g/mol. The predicted molar refractivity (Wildman–Crippen MR) is 78.3 cm³/mol. The van der Waals surface area contributed by atoms with Gasteiger partial charge in [0.2, 0.25) is 16.7 Å². The zero-order chi connectivity index (χ0) is 15.5. The number of hydrogen-bond donors (Lipinski definition) is 2. The molecule has 2 heterocycles. The fourth-order valence-corrected chi connectivity index (χ4v) is 3.67. The fourth-order valence-electron chi connectivity index (χ4n) is 2.14. The van der Waals surface area contributed by atoms with Gasteiger partial charge in [0.25, 0.3) is 0 Å². The van der Waals surface area contributed by atoms with Crippen molar-refractivity contribution in [2.45, 2.75) is 23.6 Å². The lowest BCUT2D eigenvalue weighted by Crippen LogP contribution is -2.55. The molecule has 1 aromatic rings. The number of hydrogen-bond acceptors (Lipinski definition) is 4. The molecule has 2 aliphatic heterocycles. The Balaban J connectivity index is 0.000000225. The molecule has 2 atom stereocenters. The molecule has 2 N–H and O–H groups in total. The van der Waals surface area contributed by atoms with E-state index in [-0.39, 0.29) is 17.8 Å². The van der Waals surface area contributed by atoms with E-state index in [0.717, 1.165) is 11.8 Å². The van der Waals surface area contributed by atoms with E-state index < -0.39 is 16.7 Å². The summed E-state index contributed by atoms with van der Waals surface area (Å²) >= 11 is 1.12. The second-order valence-corrected chi connectivity index (χ2v) is 6.24. The fraction of sp³-hybridized carbons (Fsp3) is 0.357. The van der Waals surface area contributed by atoms with Crippen molar-refractivity contribution in [1.29, 1.82) is 0 Å². The van der Waals surface area contributed by atoms with Crippen LogP contribution in [0.4, 0.5) is 0 Å². The normalized spacial score (nSPS) is 26.0. The third-order valence-electron chi connectivity index (χ3n) is 3.14. The Morgan fingerprint density at radius 2 is 1.81 bits per heavy atom. The Morgan fingerprint density at radius 1 is 1.29 bits per heavy atom. The van der Waals surface area contributed by atoms with Gasteiger partial charge in [0.15, 0.2) is 0 Å². The van der Waals surface area contributed by atoms with Gasteiger partial charge < -0.3 is 15.3 Å². The summed E-state index contributed by atoms with van der Waals surface area (Å²) in [5.41, 5.74) is 0. The van der Waals surface area contributed by atoms with Gasteiger partial charge in [-0.25, -0.2) is 4.79 Å². The minimum atomic E-state index is -1.36. The molecule has 2 saturated heterocycles. The van der Waals surface area contributed by atoms with Crippen LogP contribution in [0, 0.1) is 0 Å². The monoisotopic (exact) mass is 308 g/mol. The van der Waals surface area contributed by atoms with E-state index in [2.05, 4.69) is 5.32 Å². The first-order valence-electron chi connectivity index (χ1n) is 6.44. The topological polar surface area (TPSA) is 86.7 Å². The summed E-state index contributed by atoms with van der Waals surface area (Å²) in [6, 6.07) is 12.0. The molecule has 0 aliphatic carbocycles. The van der Waals surface area contributed by atoms with E-state index in [1.807, 2.05) is 36.4 Å². The predicted octanol–water partition coefficient (Wildman–Crippen LogP) is 0.895. The lowest BCUT2D eigenvalue weighted by molar-refractivity contribution is -0.146. The standard InChI is InChI=1S/C8H10N2O4S.C6H6/c1-4(11)9-8(7(13)14)3-10-5(12)2-6(10)15-8;1-2-4-6-5-3-1/h6H,2-3H2,1H3,(H,9,11)(H,13,14);1-6H/t6-,8?;/m1./s1. The molecule has 2 aliphatic rings. The second-order valence-electron chi connectivity index (χ2n) is 4.77. The first kappa shape index (κ1) is 15.4. The highest BCUT2D eigenvalue weighted by atomic mass is 32.2. The number of carbonyl (C=O) groups excluding carboxylic acids is 2. The number of benzene rings is 1. The number of rotatable bonds is 2. The Kier molecular flexibility index (Phi) is 4.52. The van der Waals surface area contributed by atoms with Gasteiger partial charge in [0, 0.05) is 6.92 Å². The van der Waals surface area contributed by atoms with Gasteiger partial charge >= 0.3 is 5.97 Å². The molecule has 0 spiro atoms. The van der Waals surface area contributed by atoms with Crippen molar-refractivity contribution in [2.75, 3.05) is 6.54 Å². The van der Waals surface area contributed by atoms with Crippen LogP contribution in [0.1, 0.15) is 13.3 Å². The van der Waals surface area contributed by atoms with Gasteiger partial charge in [0.1, 0.15) is 0 Å². The van der Waals surface area contributed by atoms with Crippen molar-refractivity contribution < 1.29 is 19.5 Å². The van der Waals surface area contributed by atoms with Gasteiger partial charge in [-0.2, -0.15) is 0 Å². The number of thioether (sulfide) groups is 1. The van der Waals surface area contributed by atoms with Gasteiger partial charge in [-0.15, -0.1) is 0 Å². The third kappa shape index (κ3) is 3.36. The number of aliphatic carboxylic acids is 1. The lowest BCUT2D eigenvalue weighted by Gasteiger charge is -2.32. The summed E-state index contributed by atoms with van der Waals surface area (Å²) in [6.45, 7) is 1.32. The van der Waals surface area contributed by atoms with Crippen molar-refractivity contribution in [2.24, 2.45) is 0 Å². The summed E-state index contributed by atoms with van der Waals surface area (Å²) in [5.74, 6) is -1.56. The van der Waals surface area contributed by atoms with E-state index in [9.17, 15) is 14.4 Å². The number of nitrogens with zero attached hydrogens (tertiary/aromatic N) is 1. The number of carboxylic acid groups (broad SMARTS) is 1. The molecule has 2 fully saturated rings. The molecule has 0 saturated carbocycles. The van der Waals surface area contributed by atoms with Crippen LogP contribution in [-0.2, 0) is 14.4 Å². The SMILES string of the molecule is CC(=O)NC1(C(=O)O)CN2C(=O)C[C@H]2S1.c1ccccc1. The van der Waals surface area contributed by atoms with Crippen molar-refractivity contribution in [1.82, 2.24) is 10.2 Å². The number of fused-ring (bicyclic) bond motifs is 1.